The van der Waals surface area contributed by atoms with E-state index in [4.69, 9.17) is 5.26 Å². The molecule has 1 unspecified atom stereocenters. The lowest BCUT2D eigenvalue weighted by molar-refractivity contribution is 0.543. The Balaban J connectivity index is 4.41. The molecule has 0 fully saturated rings. The van der Waals surface area contributed by atoms with Gasteiger partial charge in [-0.15, -0.1) is 0 Å². The molecule has 0 radical (unpaired) electrons. The van der Waals surface area contributed by atoms with E-state index < -0.39 is 37.4 Å². The first-order chi connectivity index (χ1) is 7.20. The summed E-state index contributed by atoms with van der Waals surface area (Å²) in [4.78, 5) is 0. The van der Waals surface area contributed by atoms with Crippen LogP contribution in [0, 0.1) is 11.3 Å². The number of nitrogens with one attached hydrogen (secondary N) is 1. The molecule has 0 aliphatic rings. The summed E-state index contributed by atoms with van der Waals surface area (Å²) >= 11 is 0. The zero-order chi connectivity index (χ0) is 12.8. The first-order valence-corrected chi connectivity index (χ1v) is 8.46. The maximum Gasteiger partial charge on any atom is 0.212 e. The van der Waals surface area contributed by atoms with E-state index in [0.717, 1.165) is 6.26 Å². The summed E-state index contributed by atoms with van der Waals surface area (Å²) in [5.74, 6) is -0.876. The van der Waals surface area contributed by atoms with E-state index in [-0.39, 0.29) is 6.42 Å². The normalized spacial score (nSPS) is 14.3. The van der Waals surface area contributed by atoms with Crippen LogP contribution in [0.2, 0.25) is 0 Å². The summed E-state index contributed by atoms with van der Waals surface area (Å²) in [5, 5.41) is 8.44. The van der Waals surface area contributed by atoms with Gasteiger partial charge in [-0.2, -0.15) is 5.26 Å². The van der Waals surface area contributed by atoms with Gasteiger partial charge in [0.25, 0.3) is 0 Å². The smallest absolute Gasteiger partial charge is 0.212 e. The molecule has 0 bridgehead atoms. The van der Waals surface area contributed by atoms with Gasteiger partial charge >= 0.3 is 0 Å². The molecule has 0 aliphatic heterocycles. The standard InChI is InChI=1S/C8H16N2O4S2/c1-3-8(4-5-9)10-16(13,14)7-6-15(2,11)12/h8,10H,3-4,6-7H2,1-2H3. The van der Waals surface area contributed by atoms with Gasteiger partial charge in [0.05, 0.1) is 24.0 Å². The van der Waals surface area contributed by atoms with Crippen LogP contribution in [0.3, 0.4) is 0 Å². The highest BCUT2D eigenvalue weighted by atomic mass is 32.2. The van der Waals surface area contributed by atoms with E-state index in [1.54, 1.807) is 6.92 Å². The molecule has 0 aromatic carbocycles. The zero-order valence-corrected chi connectivity index (χ0v) is 10.9. The maximum atomic E-state index is 11.4. The molecule has 8 heteroatoms. The number of hydrogen-bond donors (Lipinski definition) is 1. The van der Waals surface area contributed by atoms with Crippen LogP contribution >= 0.6 is 0 Å². The average molecular weight is 268 g/mol. The summed E-state index contributed by atoms with van der Waals surface area (Å²) in [6, 6.07) is 1.42. The number of hydrogen-bond acceptors (Lipinski definition) is 5. The third-order valence-corrected chi connectivity index (χ3v) is 4.54. The predicted molar refractivity (Wildman–Crippen MR) is 60.9 cm³/mol. The molecule has 0 saturated carbocycles. The van der Waals surface area contributed by atoms with Crippen LogP contribution in [-0.4, -0.2) is 40.6 Å². The minimum Gasteiger partial charge on any atom is -0.229 e. The molecule has 0 amide bonds. The Kier molecular flexibility index (Phi) is 5.92. The average Bonchev–Trinajstić information content (AvgIpc) is 2.13. The Labute approximate surface area is 96.6 Å². The van der Waals surface area contributed by atoms with Crippen LogP contribution in [0.15, 0.2) is 0 Å². The first-order valence-electron chi connectivity index (χ1n) is 4.75. The molecule has 16 heavy (non-hydrogen) atoms. The van der Waals surface area contributed by atoms with Crippen LogP contribution in [0.25, 0.3) is 0 Å². The summed E-state index contributed by atoms with van der Waals surface area (Å²) in [6.45, 7) is 1.75. The van der Waals surface area contributed by atoms with Crippen molar-refractivity contribution in [3.05, 3.63) is 0 Å². The molecule has 0 spiro atoms. The highest BCUT2D eigenvalue weighted by Crippen LogP contribution is 2.00. The van der Waals surface area contributed by atoms with Crippen molar-refractivity contribution < 1.29 is 16.8 Å². The molecule has 0 aromatic heterocycles. The Morgan fingerprint density at radius 1 is 1.25 bits per heavy atom. The Bertz CT molecular complexity index is 447. The van der Waals surface area contributed by atoms with Crippen molar-refractivity contribution in [3.63, 3.8) is 0 Å². The number of sulfone groups is 1. The fourth-order valence-corrected chi connectivity index (χ4v) is 3.92. The monoisotopic (exact) mass is 268 g/mol. The largest absolute Gasteiger partial charge is 0.229 e. The van der Waals surface area contributed by atoms with Crippen LogP contribution < -0.4 is 4.72 Å². The third kappa shape index (κ3) is 7.62. The van der Waals surface area contributed by atoms with Gasteiger partial charge in [0.1, 0.15) is 9.84 Å². The Hall–Kier alpha value is -0.650. The van der Waals surface area contributed by atoms with Gasteiger partial charge in [-0.3, -0.25) is 0 Å². The lowest BCUT2D eigenvalue weighted by Gasteiger charge is -2.13. The molecule has 1 atom stereocenters. The lowest BCUT2D eigenvalue weighted by Crippen LogP contribution is -2.37. The predicted octanol–water partition coefficient (Wildman–Crippen LogP) is -0.357. The van der Waals surface area contributed by atoms with E-state index in [1.165, 1.54) is 0 Å². The van der Waals surface area contributed by atoms with E-state index >= 15 is 0 Å². The topological polar surface area (TPSA) is 104 Å². The summed E-state index contributed by atoms with van der Waals surface area (Å²) in [6.07, 6.45) is 1.55. The van der Waals surface area contributed by atoms with E-state index in [9.17, 15) is 16.8 Å². The second-order valence-corrected chi connectivity index (χ2v) is 7.67. The van der Waals surface area contributed by atoms with Crippen LogP contribution in [0.4, 0.5) is 0 Å². The minimum absolute atomic E-state index is 0.0780. The molecule has 0 saturated heterocycles. The number of sulfonamides is 1. The molecule has 0 rings (SSSR count). The number of nitrogens with zero attached hydrogens (tertiary/aromatic N) is 1. The van der Waals surface area contributed by atoms with Gasteiger partial charge in [0.2, 0.25) is 10.0 Å². The van der Waals surface area contributed by atoms with Gasteiger partial charge in [-0.25, -0.2) is 21.6 Å². The molecule has 0 aliphatic carbocycles. The molecular formula is C8H16N2O4S2. The van der Waals surface area contributed by atoms with Gasteiger partial charge < -0.3 is 0 Å². The minimum atomic E-state index is -3.63. The fourth-order valence-electron chi connectivity index (χ4n) is 0.953. The SMILES string of the molecule is CCC(CC#N)NS(=O)(=O)CCS(C)(=O)=O. The summed E-state index contributed by atoms with van der Waals surface area (Å²) in [5.41, 5.74) is 0. The third-order valence-electron chi connectivity index (χ3n) is 1.90. The van der Waals surface area contributed by atoms with Gasteiger partial charge in [-0.1, -0.05) is 6.92 Å². The number of rotatable bonds is 7. The van der Waals surface area contributed by atoms with Crippen LogP contribution in [-0.2, 0) is 19.9 Å². The molecule has 6 nitrogen and oxygen atoms in total. The van der Waals surface area contributed by atoms with Crippen molar-refractivity contribution in [2.45, 2.75) is 25.8 Å². The van der Waals surface area contributed by atoms with E-state index in [1.807, 2.05) is 6.07 Å². The molecular weight excluding hydrogens is 252 g/mol. The zero-order valence-electron chi connectivity index (χ0n) is 9.30. The van der Waals surface area contributed by atoms with E-state index in [2.05, 4.69) is 4.72 Å². The first kappa shape index (κ1) is 15.3. The van der Waals surface area contributed by atoms with Crippen molar-refractivity contribution in [1.29, 1.82) is 5.26 Å². The summed E-state index contributed by atoms with van der Waals surface area (Å²) in [7, 11) is -6.92. The molecule has 0 aromatic rings. The second-order valence-electron chi connectivity index (χ2n) is 3.53. The maximum absolute atomic E-state index is 11.4. The van der Waals surface area contributed by atoms with Crippen molar-refractivity contribution in [1.82, 2.24) is 4.72 Å². The van der Waals surface area contributed by atoms with Gasteiger partial charge in [0, 0.05) is 12.3 Å². The Morgan fingerprint density at radius 2 is 1.81 bits per heavy atom. The van der Waals surface area contributed by atoms with Crippen molar-refractivity contribution in [2.24, 2.45) is 0 Å². The summed E-state index contributed by atoms with van der Waals surface area (Å²) < 4.78 is 46.8. The highest BCUT2D eigenvalue weighted by Gasteiger charge is 2.18. The van der Waals surface area contributed by atoms with Crippen molar-refractivity contribution in [2.75, 3.05) is 17.8 Å². The van der Waals surface area contributed by atoms with Gasteiger partial charge in [0.15, 0.2) is 0 Å². The van der Waals surface area contributed by atoms with Gasteiger partial charge in [-0.05, 0) is 6.42 Å². The van der Waals surface area contributed by atoms with Crippen LogP contribution in [0.1, 0.15) is 19.8 Å². The van der Waals surface area contributed by atoms with Crippen molar-refractivity contribution >= 4 is 19.9 Å². The molecule has 0 heterocycles. The van der Waals surface area contributed by atoms with E-state index in [0.29, 0.717) is 6.42 Å². The van der Waals surface area contributed by atoms with Crippen molar-refractivity contribution in [3.8, 4) is 6.07 Å². The van der Waals surface area contributed by atoms with Crippen LogP contribution in [0.5, 0.6) is 0 Å². The second kappa shape index (κ2) is 6.18. The highest BCUT2D eigenvalue weighted by molar-refractivity contribution is 7.93. The molecule has 1 N–H and O–H groups in total. The quantitative estimate of drug-likeness (QED) is 0.679. The molecule has 94 valence electrons. The Morgan fingerprint density at radius 3 is 2.19 bits per heavy atom. The number of nitriles is 1. The lowest BCUT2D eigenvalue weighted by atomic mass is 10.2. The fraction of sp³-hybridized carbons (Fsp3) is 0.875.